The topological polar surface area (TPSA) is 41.5 Å². The number of hydrogen-bond acceptors (Lipinski definition) is 6. The van der Waals surface area contributed by atoms with Gasteiger partial charge in [0.05, 0.1) is 12.2 Å². The van der Waals surface area contributed by atoms with E-state index in [1.54, 1.807) is 0 Å². The summed E-state index contributed by atoms with van der Waals surface area (Å²) in [5.74, 6) is 1.55. The van der Waals surface area contributed by atoms with Gasteiger partial charge in [-0.05, 0) is 45.4 Å². The van der Waals surface area contributed by atoms with Crippen molar-refractivity contribution < 1.29 is 4.74 Å². The second-order valence-corrected chi connectivity index (χ2v) is 8.59. The van der Waals surface area contributed by atoms with Crippen LogP contribution < -0.4 is 4.90 Å². The van der Waals surface area contributed by atoms with Crippen LogP contribution in [0.2, 0.25) is 0 Å². The molecule has 0 aromatic carbocycles. The summed E-state index contributed by atoms with van der Waals surface area (Å²) < 4.78 is 5.84. The molecule has 23 heavy (non-hydrogen) atoms. The minimum absolute atomic E-state index is 0.376. The van der Waals surface area contributed by atoms with E-state index in [9.17, 15) is 0 Å². The zero-order valence-corrected chi connectivity index (χ0v) is 15.1. The third-order valence-corrected chi connectivity index (χ3v) is 6.40. The summed E-state index contributed by atoms with van der Waals surface area (Å²) in [4.78, 5) is 5.06. The fraction of sp³-hybridized carbons (Fsp3) is 0.882. The molecule has 3 aliphatic rings. The van der Waals surface area contributed by atoms with Crippen molar-refractivity contribution in [1.29, 1.82) is 0 Å². The average Bonchev–Trinajstić information content (AvgIpc) is 3.25. The minimum Gasteiger partial charge on any atom is -0.373 e. The largest absolute Gasteiger partial charge is 0.373 e. The van der Waals surface area contributed by atoms with Crippen LogP contribution in [0.3, 0.4) is 0 Å². The molecule has 5 nitrogen and oxygen atoms in total. The van der Waals surface area contributed by atoms with Gasteiger partial charge in [-0.3, -0.25) is 4.90 Å². The number of anilines is 1. The zero-order valence-electron chi connectivity index (χ0n) is 14.3. The molecule has 6 heteroatoms. The quantitative estimate of drug-likeness (QED) is 0.846. The third kappa shape index (κ3) is 3.86. The van der Waals surface area contributed by atoms with E-state index in [0.717, 1.165) is 43.1 Å². The van der Waals surface area contributed by atoms with Crippen molar-refractivity contribution in [2.45, 2.75) is 57.7 Å². The van der Waals surface area contributed by atoms with Crippen LogP contribution in [0.5, 0.6) is 0 Å². The monoisotopic (exact) mass is 336 g/mol. The normalized spacial score (nSPS) is 30.8. The number of rotatable bonds is 4. The van der Waals surface area contributed by atoms with Gasteiger partial charge in [-0.1, -0.05) is 11.3 Å². The Hall–Kier alpha value is -0.720. The van der Waals surface area contributed by atoms with Crippen LogP contribution in [0.4, 0.5) is 5.13 Å². The first-order valence-electron chi connectivity index (χ1n) is 9.13. The molecule has 2 atom stereocenters. The van der Waals surface area contributed by atoms with E-state index >= 15 is 0 Å². The number of aromatic nitrogens is 2. The van der Waals surface area contributed by atoms with Crippen LogP contribution in [0.25, 0.3) is 0 Å². The van der Waals surface area contributed by atoms with Gasteiger partial charge in [0.2, 0.25) is 5.13 Å². The van der Waals surface area contributed by atoms with Crippen LogP contribution in [0.1, 0.15) is 50.5 Å². The van der Waals surface area contributed by atoms with Gasteiger partial charge in [0.15, 0.2) is 0 Å². The number of piperidine rings is 1. The Labute approximate surface area is 143 Å². The van der Waals surface area contributed by atoms with Gasteiger partial charge in [-0.25, -0.2) is 0 Å². The molecule has 1 saturated carbocycles. The highest BCUT2D eigenvalue weighted by Crippen LogP contribution is 2.42. The molecular weight excluding hydrogens is 308 g/mol. The predicted molar refractivity (Wildman–Crippen MR) is 93.3 cm³/mol. The Morgan fingerprint density at radius 1 is 1.04 bits per heavy atom. The molecule has 3 heterocycles. The van der Waals surface area contributed by atoms with E-state index in [0.29, 0.717) is 12.2 Å². The fourth-order valence-corrected chi connectivity index (χ4v) is 5.02. The van der Waals surface area contributed by atoms with Crippen molar-refractivity contribution in [2.75, 3.05) is 37.6 Å². The molecule has 0 N–H and O–H groups in total. The maximum absolute atomic E-state index is 5.84. The lowest BCUT2D eigenvalue weighted by Gasteiger charge is -2.39. The summed E-state index contributed by atoms with van der Waals surface area (Å²) in [5.41, 5.74) is 0. The lowest BCUT2D eigenvalue weighted by atomic mass is 9.96. The van der Waals surface area contributed by atoms with Crippen molar-refractivity contribution >= 4 is 16.5 Å². The second kappa shape index (κ2) is 6.65. The maximum atomic E-state index is 5.84. The Bertz CT molecular complexity index is 514. The highest BCUT2D eigenvalue weighted by molar-refractivity contribution is 7.15. The average molecular weight is 337 g/mol. The summed E-state index contributed by atoms with van der Waals surface area (Å²) in [5, 5.41) is 11.2. The van der Waals surface area contributed by atoms with Crippen molar-refractivity contribution in [3.8, 4) is 0 Å². The lowest BCUT2D eigenvalue weighted by Crippen LogP contribution is -2.48. The van der Waals surface area contributed by atoms with E-state index in [1.807, 2.05) is 11.3 Å². The van der Waals surface area contributed by atoms with Crippen molar-refractivity contribution in [2.24, 2.45) is 5.92 Å². The van der Waals surface area contributed by atoms with Gasteiger partial charge in [-0.2, -0.15) is 0 Å². The molecule has 4 rings (SSSR count). The Kier molecular flexibility index (Phi) is 4.56. The molecule has 0 spiro atoms. The molecule has 1 aliphatic carbocycles. The molecule has 128 valence electrons. The maximum Gasteiger partial charge on any atom is 0.208 e. The standard InChI is InChI=1S/C17H28N4OS/c1-12-9-20(10-13(2)22-12)11-14-5-7-21(8-6-14)17-19-18-16(23-17)15-3-4-15/h12-15H,3-11H2,1-2H3/t12-,13-/m1/s1. The third-order valence-electron chi connectivity index (χ3n) is 5.25. The summed E-state index contributed by atoms with van der Waals surface area (Å²) in [6.45, 7) is 10.1. The van der Waals surface area contributed by atoms with E-state index in [-0.39, 0.29) is 0 Å². The first-order valence-corrected chi connectivity index (χ1v) is 9.95. The molecule has 2 aliphatic heterocycles. The number of hydrogen-bond donors (Lipinski definition) is 0. The van der Waals surface area contributed by atoms with Gasteiger partial charge in [-0.15, -0.1) is 10.2 Å². The molecule has 3 fully saturated rings. The Morgan fingerprint density at radius 3 is 2.39 bits per heavy atom. The van der Waals surface area contributed by atoms with E-state index in [1.165, 1.54) is 37.2 Å². The zero-order chi connectivity index (χ0) is 15.8. The van der Waals surface area contributed by atoms with Crippen molar-refractivity contribution in [3.63, 3.8) is 0 Å². The lowest BCUT2D eigenvalue weighted by molar-refractivity contribution is -0.0720. The summed E-state index contributed by atoms with van der Waals surface area (Å²) in [6.07, 6.45) is 5.93. The molecule has 1 aromatic rings. The number of ether oxygens (including phenoxy) is 1. The molecule has 0 bridgehead atoms. The molecular formula is C17H28N4OS. The first kappa shape index (κ1) is 15.8. The van der Waals surface area contributed by atoms with Gasteiger partial charge in [0.1, 0.15) is 5.01 Å². The smallest absolute Gasteiger partial charge is 0.208 e. The molecule has 0 unspecified atom stereocenters. The van der Waals surface area contributed by atoms with E-state index < -0.39 is 0 Å². The summed E-state index contributed by atoms with van der Waals surface area (Å²) in [6, 6.07) is 0. The van der Waals surface area contributed by atoms with Crippen LogP contribution in [-0.4, -0.2) is 60.0 Å². The highest BCUT2D eigenvalue weighted by atomic mass is 32.1. The van der Waals surface area contributed by atoms with E-state index in [2.05, 4.69) is 33.8 Å². The minimum atomic E-state index is 0.376. The molecule has 2 saturated heterocycles. The highest BCUT2D eigenvalue weighted by Gasteiger charge is 2.30. The van der Waals surface area contributed by atoms with Crippen LogP contribution in [-0.2, 0) is 4.74 Å². The van der Waals surface area contributed by atoms with Crippen LogP contribution in [0, 0.1) is 5.92 Å². The van der Waals surface area contributed by atoms with Crippen molar-refractivity contribution in [1.82, 2.24) is 15.1 Å². The number of nitrogens with zero attached hydrogens (tertiary/aromatic N) is 4. The van der Waals surface area contributed by atoms with E-state index in [4.69, 9.17) is 4.74 Å². The van der Waals surface area contributed by atoms with Crippen LogP contribution >= 0.6 is 11.3 Å². The van der Waals surface area contributed by atoms with Gasteiger partial charge < -0.3 is 9.64 Å². The van der Waals surface area contributed by atoms with Crippen molar-refractivity contribution in [3.05, 3.63) is 5.01 Å². The SMILES string of the molecule is C[C@@H]1CN(CC2CCN(c3nnc(C4CC4)s3)CC2)C[C@@H](C)O1. The molecule has 1 aromatic heterocycles. The molecule has 0 amide bonds. The predicted octanol–water partition coefficient (Wildman–Crippen LogP) is 2.74. The molecule has 0 radical (unpaired) electrons. The Balaban J connectivity index is 1.27. The number of morpholine rings is 1. The van der Waals surface area contributed by atoms with Gasteiger partial charge in [0, 0.05) is 38.6 Å². The Morgan fingerprint density at radius 2 is 1.74 bits per heavy atom. The summed E-state index contributed by atoms with van der Waals surface area (Å²) in [7, 11) is 0. The summed E-state index contributed by atoms with van der Waals surface area (Å²) >= 11 is 1.82. The fourth-order valence-electron chi connectivity index (χ4n) is 3.95. The van der Waals surface area contributed by atoms with Gasteiger partial charge >= 0.3 is 0 Å². The second-order valence-electron chi connectivity index (χ2n) is 7.60. The first-order chi connectivity index (χ1) is 11.2. The van der Waals surface area contributed by atoms with Crippen LogP contribution in [0.15, 0.2) is 0 Å². The van der Waals surface area contributed by atoms with Gasteiger partial charge in [0.25, 0.3) is 0 Å².